The molecule has 16 heavy (non-hydrogen) atoms. The number of aliphatic imine (C=N–C) groups is 1. The molecule has 1 aromatic rings. The van der Waals surface area contributed by atoms with Crippen LogP contribution in [0.1, 0.15) is 18.5 Å². The summed E-state index contributed by atoms with van der Waals surface area (Å²) in [5, 5.41) is 2.91. The summed E-state index contributed by atoms with van der Waals surface area (Å²) >= 11 is 0. The maximum atomic E-state index is 11.9. The summed E-state index contributed by atoms with van der Waals surface area (Å²) in [6, 6.07) is 7.65. The summed E-state index contributed by atoms with van der Waals surface area (Å²) in [6.45, 7) is 3.49. The molecule has 1 aromatic carbocycles. The topological polar surface area (TPSA) is 44.7 Å². The summed E-state index contributed by atoms with van der Waals surface area (Å²) in [4.78, 5) is 18.5. The van der Waals surface area contributed by atoms with Crippen LogP contribution < -0.4 is 5.32 Å². The molecule has 0 bridgehead atoms. The summed E-state index contributed by atoms with van der Waals surface area (Å²) in [5.41, 5.74) is 1.92. The van der Waals surface area contributed by atoms with Crippen LogP contribution in [0.25, 0.3) is 0 Å². The number of hydrogen-bond donors (Lipinski definition) is 1. The van der Waals surface area contributed by atoms with Crippen molar-refractivity contribution in [3.63, 3.8) is 0 Å². The van der Waals surface area contributed by atoms with Crippen LogP contribution in [-0.4, -0.2) is 29.7 Å². The fraction of sp³-hybridized carbons (Fsp3) is 0.333. The summed E-state index contributed by atoms with van der Waals surface area (Å²) < 4.78 is 0. The first kappa shape index (κ1) is 9.39. The average molecular weight is 215 g/mol. The molecule has 1 amide bonds. The van der Waals surface area contributed by atoms with E-state index in [4.69, 9.17) is 0 Å². The lowest BCUT2D eigenvalue weighted by Crippen LogP contribution is -2.52. The maximum Gasteiger partial charge on any atom is 0.247 e. The van der Waals surface area contributed by atoms with Crippen LogP contribution in [0.15, 0.2) is 29.3 Å². The number of amides is 1. The predicted octanol–water partition coefficient (Wildman–Crippen LogP) is 1.22. The second kappa shape index (κ2) is 3.33. The predicted molar refractivity (Wildman–Crippen MR) is 61.7 cm³/mol. The minimum absolute atomic E-state index is 0.0768. The van der Waals surface area contributed by atoms with Gasteiger partial charge >= 0.3 is 0 Å². The Labute approximate surface area is 94.0 Å². The Hall–Kier alpha value is -1.84. The molecule has 0 saturated carbocycles. The number of fused-ring (bicyclic) bond motifs is 3. The van der Waals surface area contributed by atoms with E-state index in [2.05, 4.69) is 15.2 Å². The van der Waals surface area contributed by atoms with Crippen molar-refractivity contribution in [2.24, 2.45) is 4.99 Å². The van der Waals surface area contributed by atoms with Gasteiger partial charge < -0.3 is 10.2 Å². The van der Waals surface area contributed by atoms with Gasteiger partial charge in [0.25, 0.3) is 0 Å². The Morgan fingerprint density at radius 1 is 1.44 bits per heavy atom. The molecule has 1 N–H and O–H groups in total. The molecule has 1 saturated heterocycles. The number of hydrogen-bond acceptors (Lipinski definition) is 3. The fourth-order valence-corrected chi connectivity index (χ4v) is 2.38. The molecule has 82 valence electrons. The highest BCUT2D eigenvalue weighted by molar-refractivity contribution is 5.95. The monoisotopic (exact) mass is 215 g/mol. The van der Waals surface area contributed by atoms with Crippen LogP contribution in [0.2, 0.25) is 0 Å². The Morgan fingerprint density at radius 3 is 3.12 bits per heavy atom. The largest absolute Gasteiger partial charge is 0.352 e. The number of piperazine rings is 1. The highest BCUT2D eigenvalue weighted by atomic mass is 16.2. The molecule has 1 fully saturated rings. The minimum atomic E-state index is -0.192. The lowest BCUT2D eigenvalue weighted by atomic mass is 9.98. The molecule has 0 spiro atoms. The molecule has 2 aliphatic heterocycles. The molecule has 0 aliphatic carbocycles. The third-order valence-electron chi connectivity index (χ3n) is 3.14. The van der Waals surface area contributed by atoms with Crippen molar-refractivity contribution in [1.29, 1.82) is 0 Å². The lowest BCUT2D eigenvalue weighted by molar-refractivity contribution is -0.127. The van der Waals surface area contributed by atoms with Crippen molar-refractivity contribution in [1.82, 2.24) is 10.2 Å². The van der Waals surface area contributed by atoms with Crippen molar-refractivity contribution in [2.75, 3.05) is 13.1 Å². The van der Waals surface area contributed by atoms with Crippen LogP contribution in [0.4, 0.5) is 5.69 Å². The van der Waals surface area contributed by atoms with Gasteiger partial charge in [-0.05, 0) is 13.0 Å². The molecule has 4 heteroatoms. The molecule has 2 heterocycles. The van der Waals surface area contributed by atoms with Gasteiger partial charge in [-0.3, -0.25) is 4.79 Å². The van der Waals surface area contributed by atoms with E-state index in [0.29, 0.717) is 6.54 Å². The van der Waals surface area contributed by atoms with Gasteiger partial charge in [-0.25, -0.2) is 4.99 Å². The standard InChI is InChI=1S/C12H13N3O/c1-8-14-10-5-3-2-4-9(10)11-12(16)13-6-7-15(8)11/h2-5,11H,6-7H2,1H3,(H,13,16). The molecule has 4 nitrogen and oxygen atoms in total. The van der Waals surface area contributed by atoms with E-state index in [1.807, 2.05) is 31.2 Å². The Kier molecular flexibility index (Phi) is 1.96. The second-order valence-electron chi connectivity index (χ2n) is 4.10. The van der Waals surface area contributed by atoms with E-state index in [0.717, 1.165) is 23.6 Å². The van der Waals surface area contributed by atoms with Crippen molar-refractivity contribution in [2.45, 2.75) is 13.0 Å². The molecule has 0 aromatic heterocycles. The van der Waals surface area contributed by atoms with Crippen LogP contribution in [0, 0.1) is 0 Å². The molecular weight excluding hydrogens is 202 g/mol. The molecule has 3 rings (SSSR count). The fourth-order valence-electron chi connectivity index (χ4n) is 2.38. The number of para-hydroxylation sites is 1. The summed E-state index contributed by atoms with van der Waals surface area (Å²) in [5.74, 6) is 1.01. The Bertz CT molecular complexity index is 481. The first-order chi connectivity index (χ1) is 7.77. The van der Waals surface area contributed by atoms with Crippen LogP contribution in [0.5, 0.6) is 0 Å². The van der Waals surface area contributed by atoms with E-state index in [9.17, 15) is 4.79 Å². The van der Waals surface area contributed by atoms with Gasteiger partial charge in [0, 0.05) is 18.7 Å². The molecule has 1 atom stereocenters. The van der Waals surface area contributed by atoms with E-state index in [1.54, 1.807) is 0 Å². The average Bonchev–Trinajstić information content (AvgIpc) is 2.30. The number of carbonyl (C=O) groups excluding carboxylic acids is 1. The number of carbonyl (C=O) groups is 1. The zero-order valence-corrected chi connectivity index (χ0v) is 9.10. The third kappa shape index (κ3) is 1.23. The third-order valence-corrected chi connectivity index (χ3v) is 3.14. The van der Waals surface area contributed by atoms with Crippen LogP contribution in [0.3, 0.4) is 0 Å². The van der Waals surface area contributed by atoms with Crippen molar-refractivity contribution in [3.8, 4) is 0 Å². The SMILES string of the molecule is CC1=Nc2ccccc2C2C(=O)NCCN12. The van der Waals surface area contributed by atoms with E-state index in [-0.39, 0.29) is 11.9 Å². The maximum absolute atomic E-state index is 11.9. The van der Waals surface area contributed by atoms with E-state index < -0.39 is 0 Å². The van der Waals surface area contributed by atoms with Crippen molar-refractivity contribution in [3.05, 3.63) is 29.8 Å². The quantitative estimate of drug-likeness (QED) is 0.707. The Balaban J connectivity index is 2.16. The lowest BCUT2D eigenvalue weighted by Gasteiger charge is -2.39. The van der Waals surface area contributed by atoms with E-state index in [1.165, 1.54) is 0 Å². The van der Waals surface area contributed by atoms with Gasteiger partial charge in [0.2, 0.25) is 5.91 Å². The van der Waals surface area contributed by atoms with Gasteiger partial charge in [-0.1, -0.05) is 18.2 Å². The number of nitrogens with one attached hydrogen (secondary N) is 1. The number of benzene rings is 1. The molecule has 0 radical (unpaired) electrons. The zero-order chi connectivity index (χ0) is 11.1. The number of nitrogens with zero attached hydrogens (tertiary/aromatic N) is 2. The van der Waals surface area contributed by atoms with Crippen LogP contribution in [-0.2, 0) is 4.79 Å². The number of rotatable bonds is 0. The summed E-state index contributed by atoms with van der Waals surface area (Å²) in [7, 11) is 0. The molecular formula is C12H13N3O. The van der Waals surface area contributed by atoms with Gasteiger partial charge in [-0.2, -0.15) is 0 Å². The highest BCUT2D eigenvalue weighted by Crippen LogP contribution is 2.35. The second-order valence-corrected chi connectivity index (χ2v) is 4.10. The summed E-state index contributed by atoms with van der Waals surface area (Å²) in [6.07, 6.45) is 0. The smallest absolute Gasteiger partial charge is 0.247 e. The van der Waals surface area contributed by atoms with Crippen molar-refractivity contribution < 1.29 is 4.79 Å². The van der Waals surface area contributed by atoms with Gasteiger partial charge in [0.1, 0.15) is 11.9 Å². The highest BCUT2D eigenvalue weighted by Gasteiger charge is 2.35. The minimum Gasteiger partial charge on any atom is -0.352 e. The Morgan fingerprint density at radius 2 is 2.25 bits per heavy atom. The molecule has 2 aliphatic rings. The van der Waals surface area contributed by atoms with E-state index >= 15 is 0 Å². The molecule has 1 unspecified atom stereocenters. The van der Waals surface area contributed by atoms with Crippen LogP contribution >= 0.6 is 0 Å². The van der Waals surface area contributed by atoms with Gasteiger partial charge in [-0.15, -0.1) is 0 Å². The zero-order valence-electron chi connectivity index (χ0n) is 9.10. The first-order valence-corrected chi connectivity index (χ1v) is 5.46. The van der Waals surface area contributed by atoms with Crippen molar-refractivity contribution >= 4 is 17.4 Å². The number of amidine groups is 1. The van der Waals surface area contributed by atoms with Gasteiger partial charge in [0.05, 0.1) is 5.69 Å². The first-order valence-electron chi connectivity index (χ1n) is 5.46. The normalized spacial score (nSPS) is 23.1. The van der Waals surface area contributed by atoms with Gasteiger partial charge in [0.15, 0.2) is 0 Å².